The second-order valence-corrected chi connectivity index (χ2v) is 11.4. The lowest BCUT2D eigenvalue weighted by Gasteiger charge is -2.30. The number of ether oxygens (including phenoxy) is 1. The van der Waals surface area contributed by atoms with Gasteiger partial charge >= 0.3 is 0 Å². The summed E-state index contributed by atoms with van der Waals surface area (Å²) < 4.78 is 5.50. The largest absolute Gasteiger partial charge is 0.370 e. The summed E-state index contributed by atoms with van der Waals surface area (Å²) in [5.74, 6) is -3.60. The fraction of sp³-hybridized carbons (Fsp3) is 0.552. The zero-order chi connectivity index (χ0) is 33.0. The molecule has 15 nitrogen and oxygen atoms in total. The number of carbonyl (C=O) groups is 6. The number of nitrogens with one attached hydrogen (secondary N) is 4. The maximum Gasteiger partial charge on any atom is 0.270 e. The van der Waals surface area contributed by atoms with Crippen molar-refractivity contribution in [3.8, 4) is 0 Å². The summed E-state index contributed by atoms with van der Waals surface area (Å²) in [5, 5.41) is 10.2. The fourth-order valence-electron chi connectivity index (χ4n) is 4.12. The average molecular weight is 617 g/mol. The van der Waals surface area contributed by atoms with Crippen LogP contribution in [0.3, 0.4) is 0 Å². The van der Waals surface area contributed by atoms with Crippen molar-refractivity contribution in [1.29, 1.82) is 0 Å². The molecule has 1 aliphatic rings. The first-order valence-electron chi connectivity index (χ1n) is 14.4. The highest BCUT2D eigenvalue weighted by Crippen LogP contribution is 2.15. The predicted octanol–water partition coefficient (Wildman–Crippen LogP) is -1.10. The molecule has 2 rings (SSSR count). The van der Waals surface area contributed by atoms with Crippen LogP contribution in [0.4, 0.5) is 0 Å². The number of rotatable bonds is 8. The third kappa shape index (κ3) is 10.9. The Balaban J connectivity index is 2.40. The number of benzene rings is 1. The summed E-state index contributed by atoms with van der Waals surface area (Å²) in [6.07, 6.45) is -0.842. The van der Waals surface area contributed by atoms with Crippen LogP contribution >= 0.6 is 0 Å². The van der Waals surface area contributed by atoms with Gasteiger partial charge in [0.15, 0.2) is 11.7 Å². The minimum atomic E-state index is -1.55. The van der Waals surface area contributed by atoms with Crippen molar-refractivity contribution in [3.05, 3.63) is 35.4 Å². The highest BCUT2D eigenvalue weighted by Gasteiger charge is 2.32. The first kappa shape index (κ1) is 35.7. The molecule has 0 spiro atoms. The van der Waals surface area contributed by atoms with Gasteiger partial charge in [-0.05, 0) is 37.0 Å². The smallest absolute Gasteiger partial charge is 0.270 e. The molecule has 0 radical (unpaired) electrons. The van der Waals surface area contributed by atoms with Gasteiger partial charge in [-0.2, -0.15) is 0 Å². The zero-order valence-electron chi connectivity index (χ0n) is 25.9. The van der Waals surface area contributed by atoms with Gasteiger partial charge in [-0.25, -0.2) is 0 Å². The van der Waals surface area contributed by atoms with Crippen LogP contribution in [-0.4, -0.2) is 91.2 Å². The van der Waals surface area contributed by atoms with Gasteiger partial charge in [-0.3, -0.25) is 33.8 Å². The van der Waals surface area contributed by atoms with Crippen molar-refractivity contribution in [2.75, 3.05) is 26.7 Å². The van der Waals surface area contributed by atoms with E-state index in [1.165, 1.54) is 11.9 Å². The molecule has 44 heavy (non-hydrogen) atoms. The van der Waals surface area contributed by atoms with E-state index in [0.717, 1.165) is 0 Å². The Morgan fingerprint density at radius 2 is 1.73 bits per heavy atom. The molecular formula is C29H44N8O7. The Kier molecular flexibility index (Phi) is 13.3. The lowest BCUT2D eigenvalue weighted by Crippen LogP contribution is -2.56. The minimum Gasteiger partial charge on any atom is -0.370 e. The first-order valence-corrected chi connectivity index (χ1v) is 14.4. The van der Waals surface area contributed by atoms with Gasteiger partial charge in [0.1, 0.15) is 18.7 Å². The monoisotopic (exact) mass is 616 g/mol. The molecule has 1 heterocycles. The highest BCUT2D eigenvalue weighted by atomic mass is 16.5. The maximum atomic E-state index is 13.5. The number of nitrogens with zero attached hydrogens (tertiary/aromatic N) is 2. The van der Waals surface area contributed by atoms with Gasteiger partial charge in [-0.1, -0.05) is 39.8 Å². The number of hydrogen-bond donors (Lipinski definition) is 6. The van der Waals surface area contributed by atoms with Crippen molar-refractivity contribution in [2.24, 2.45) is 21.9 Å². The molecule has 1 aliphatic heterocycles. The standard InChI is InChI=1S/C29H44N8O7/c1-6-19-27(43)37(5)20(11-8-12-32-28(30)31)24(41)34-15-22(39)36-26(44-16-21(38)29(2,3)4)25(42)33-14-17-9-7-10-18(13-17)23(40)35-19/h7,9-10,13,19-20,26H,6,8,11-12,14-16H2,1-5H3,(H,33,42)(H,34,41)(H,35,40)(H,36,39)(H4,30,31,32). The van der Waals surface area contributed by atoms with Gasteiger partial charge < -0.3 is 42.4 Å². The molecule has 15 heteroatoms. The number of carbonyl (C=O) groups excluding carboxylic acids is 6. The molecule has 1 aromatic rings. The Hall–Kier alpha value is -4.53. The summed E-state index contributed by atoms with van der Waals surface area (Å²) in [6.45, 7) is 5.96. The molecule has 0 fully saturated rings. The van der Waals surface area contributed by atoms with Gasteiger partial charge in [0.05, 0.1) is 6.54 Å². The summed E-state index contributed by atoms with van der Waals surface area (Å²) in [7, 11) is 1.43. The summed E-state index contributed by atoms with van der Waals surface area (Å²) in [4.78, 5) is 83.3. The van der Waals surface area contributed by atoms with Crippen molar-refractivity contribution >= 4 is 41.3 Å². The number of hydrogen-bond acceptors (Lipinski definition) is 8. The molecule has 8 N–H and O–H groups in total. The van der Waals surface area contributed by atoms with E-state index in [1.807, 2.05) is 0 Å². The molecule has 2 bridgehead atoms. The van der Waals surface area contributed by atoms with Gasteiger partial charge in [0.25, 0.3) is 11.8 Å². The number of ketones is 1. The molecule has 0 saturated carbocycles. The molecule has 0 aliphatic carbocycles. The maximum absolute atomic E-state index is 13.5. The molecule has 0 saturated heterocycles. The Morgan fingerprint density at radius 1 is 1.05 bits per heavy atom. The van der Waals surface area contributed by atoms with E-state index < -0.39 is 66.4 Å². The van der Waals surface area contributed by atoms with Crippen molar-refractivity contribution in [1.82, 2.24) is 26.2 Å². The molecule has 242 valence electrons. The quantitative estimate of drug-likeness (QED) is 0.118. The Morgan fingerprint density at radius 3 is 2.36 bits per heavy atom. The van der Waals surface area contributed by atoms with E-state index in [4.69, 9.17) is 16.2 Å². The van der Waals surface area contributed by atoms with Crippen LogP contribution in [0.2, 0.25) is 0 Å². The van der Waals surface area contributed by atoms with Crippen LogP contribution in [0, 0.1) is 5.41 Å². The van der Waals surface area contributed by atoms with Crippen LogP contribution in [0.15, 0.2) is 29.3 Å². The summed E-state index contributed by atoms with van der Waals surface area (Å²) >= 11 is 0. The average Bonchev–Trinajstić information content (AvgIpc) is 2.97. The van der Waals surface area contributed by atoms with Gasteiger partial charge in [0.2, 0.25) is 23.9 Å². The summed E-state index contributed by atoms with van der Waals surface area (Å²) in [5.41, 5.74) is 10.8. The summed E-state index contributed by atoms with van der Waals surface area (Å²) in [6, 6.07) is 4.43. The van der Waals surface area contributed by atoms with E-state index in [-0.39, 0.29) is 43.2 Å². The second-order valence-electron chi connectivity index (χ2n) is 11.4. The lowest BCUT2D eigenvalue weighted by atomic mass is 9.91. The van der Waals surface area contributed by atoms with Crippen LogP contribution in [-0.2, 0) is 35.3 Å². The SMILES string of the molecule is CCC1NC(=O)c2cccc(c2)CNC(=O)C(OCC(=O)C(C)(C)C)NC(=O)CNC(=O)C(CCCN=C(N)N)N(C)C1=O. The van der Waals surface area contributed by atoms with E-state index in [9.17, 15) is 28.8 Å². The van der Waals surface area contributed by atoms with E-state index in [1.54, 1.807) is 52.0 Å². The molecule has 5 amide bonds. The van der Waals surface area contributed by atoms with Crippen molar-refractivity contribution < 1.29 is 33.5 Å². The third-order valence-corrected chi connectivity index (χ3v) is 6.89. The van der Waals surface area contributed by atoms with Crippen LogP contribution in [0.1, 0.15) is 62.9 Å². The van der Waals surface area contributed by atoms with E-state index >= 15 is 0 Å². The number of nitrogens with two attached hydrogens (primary N) is 2. The van der Waals surface area contributed by atoms with Crippen LogP contribution in [0.5, 0.6) is 0 Å². The predicted molar refractivity (Wildman–Crippen MR) is 162 cm³/mol. The normalized spacial score (nSPS) is 20.8. The topological polar surface area (TPSA) is 227 Å². The Labute approximate surface area is 256 Å². The van der Waals surface area contributed by atoms with E-state index in [2.05, 4.69) is 26.3 Å². The number of fused-ring (bicyclic) bond motifs is 2. The zero-order valence-corrected chi connectivity index (χ0v) is 25.9. The van der Waals surface area contributed by atoms with Crippen molar-refractivity contribution in [3.63, 3.8) is 0 Å². The van der Waals surface area contributed by atoms with Crippen molar-refractivity contribution in [2.45, 2.75) is 71.8 Å². The minimum absolute atomic E-state index is 0.0277. The number of amides is 5. The van der Waals surface area contributed by atoms with Gasteiger partial charge in [-0.15, -0.1) is 0 Å². The van der Waals surface area contributed by atoms with Crippen LogP contribution < -0.4 is 32.7 Å². The molecule has 1 aromatic carbocycles. The second kappa shape index (κ2) is 16.4. The Bertz CT molecular complexity index is 1260. The van der Waals surface area contributed by atoms with Crippen LogP contribution in [0.25, 0.3) is 0 Å². The number of Topliss-reactive ketones (excluding diaryl/α,β-unsaturated/α-hetero) is 1. The fourth-order valence-corrected chi connectivity index (χ4v) is 4.12. The first-order chi connectivity index (χ1) is 20.6. The molecule has 0 aromatic heterocycles. The third-order valence-electron chi connectivity index (χ3n) is 6.89. The number of likely N-dealkylation sites (N-methyl/N-ethyl adjacent to an activating group) is 1. The number of aliphatic imine (C=N–C) groups is 1. The number of guanidine groups is 1. The molecule has 3 atom stereocenters. The van der Waals surface area contributed by atoms with E-state index in [0.29, 0.717) is 12.0 Å². The van der Waals surface area contributed by atoms with Gasteiger partial charge in [0, 0.05) is 31.1 Å². The highest BCUT2D eigenvalue weighted by molar-refractivity contribution is 5.99. The molecule has 3 unspecified atom stereocenters. The lowest BCUT2D eigenvalue weighted by molar-refractivity contribution is -0.146. The molecular weight excluding hydrogens is 572 g/mol.